The number of piperidine rings is 1. The number of carbonyl (C=O) groups excluding carboxylic acids is 1. The lowest BCUT2D eigenvalue weighted by molar-refractivity contribution is 0.0905. The second-order valence-electron chi connectivity index (χ2n) is 4.58. The molecule has 0 aromatic heterocycles. The second-order valence-corrected chi connectivity index (χ2v) is 4.58. The van der Waals surface area contributed by atoms with Crippen molar-refractivity contribution in [1.82, 2.24) is 4.90 Å². The monoisotopic (exact) mass is 213 g/mol. The molecule has 1 rings (SSSR count). The Morgan fingerprint density at radius 2 is 2.33 bits per heavy atom. The Morgan fingerprint density at radius 1 is 1.60 bits per heavy atom. The predicted octanol–water partition coefficient (Wildman–Crippen LogP) is 2.90. The molecule has 2 unspecified atom stereocenters. The van der Waals surface area contributed by atoms with E-state index in [9.17, 15) is 4.79 Å². The molecule has 0 aromatic carbocycles. The Morgan fingerprint density at radius 3 is 2.93 bits per heavy atom. The summed E-state index contributed by atoms with van der Waals surface area (Å²) in [6, 6.07) is 0. The predicted molar refractivity (Wildman–Crippen MR) is 60.8 cm³/mol. The number of hydrogen-bond acceptors (Lipinski definition) is 2. The van der Waals surface area contributed by atoms with E-state index in [-0.39, 0.29) is 6.09 Å². The van der Waals surface area contributed by atoms with Crippen LogP contribution in [0, 0.1) is 11.8 Å². The van der Waals surface area contributed by atoms with Crippen LogP contribution in [-0.2, 0) is 4.74 Å². The van der Waals surface area contributed by atoms with Crippen molar-refractivity contribution in [3.05, 3.63) is 0 Å². The topological polar surface area (TPSA) is 29.5 Å². The number of carbonyl (C=O) groups is 1. The van der Waals surface area contributed by atoms with Gasteiger partial charge in [-0.25, -0.2) is 4.79 Å². The first kappa shape index (κ1) is 12.3. The third-order valence-corrected chi connectivity index (χ3v) is 3.44. The van der Waals surface area contributed by atoms with Gasteiger partial charge in [-0.15, -0.1) is 0 Å². The highest BCUT2D eigenvalue weighted by Gasteiger charge is 2.27. The summed E-state index contributed by atoms with van der Waals surface area (Å²) in [5, 5.41) is 0. The average Bonchev–Trinajstić information content (AvgIpc) is 2.28. The van der Waals surface area contributed by atoms with E-state index in [1.165, 1.54) is 26.4 Å². The molecule has 0 aliphatic carbocycles. The van der Waals surface area contributed by atoms with Gasteiger partial charge in [0.2, 0.25) is 0 Å². The highest BCUT2D eigenvalue weighted by molar-refractivity contribution is 5.67. The van der Waals surface area contributed by atoms with E-state index in [0.29, 0.717) is 5.92 Å². The number of likely N-dealkylation sites (tertiary alicyclic amines) is 1. The van der Waals surface area contributed by atoms with Crippen molar-refractivity contribution in [1.29, 1.82) is 0 Å². The smallest absolute Gasteiger partial charge is 0.409 e. The molecule has 15 heavy (non-hydrogen) atoms. The van der Waals surface area contributed by atoms with Crippen LogP contribution in [0.5, 0.6) is 0 Å². The van der Waals surface area contributed by atoms with Crippen molar-refractivity contribution in [2.75, 3.05) is 20.2 Å². The summed E-state index contributed by atoms with van der Waals surface area (Å²) in [6.45, 7) is 6.27. The minimum Gasteiger partial charge on any atom is -0.453 e. The molecule has 1 amide bonds. The van der Waals surface area contributed by atoms with Crippen LogP contribution in [0.25, 0.3) is 0 Å². The summed E-state index contributed by atoms with van der Waals surface area (Å²) in [5.74, 6) is 1.39. The molecule has 1 aliphatic rings. The molecule has 0 bridgehead atoms. The molecule has 3 heteroatoms. The number of nitrogens with zero attached hydrogens (tertiary/aromatic N) is 1. The zero-order valence-corrected chi connectivity index (χ0v) is 10.2. The quantitative estimate of drug-likeness (QED) is 0.721. The van der Waals surface area contributed by atoms with Crippen LogP contribution >= 0.6 is 0 Å². The van der Waals surface area contributed by atoms with Crippen LogP contribution in [-0.4, -0.2) is 31.2 Å². The number of hydrogen-bond donors (Lipinski definition) is 0. The zero-order chi connectivity index (χ0) is 11.3. The molecule has 0 aromatic rings. The van der Waals surface area contributed by atoms with Crippen molar-refractivity contribution in [3.8, 4) is 0 Å². The zero-order valence-electron chi connectivity index (χ0n) is 10.2. The van der Waals surface area contributed by atoms with Gasteiger partial charge >= 0.3 is 6.09 Å². The Balaban J connectivity index is 2.44. The van der Waals surface area contributed by atoms with Gasteiger partial charge in [0, 0.05) is 13.1 Å². The maximum atomic E-state index is 11.4. The Bertz CT molecular complexity index is 206. The van der Waals surface area contributed by atoms with Crippen LogP contribution in [0.4, 0.5) is 4.79 Å². The van der Waals surface area contributed by atoms with Gasteiger partial charge in [0.1, 0.15) is 0 Å². The Hall–Kier alpha value is -0.730. The summed E-state index contributed by atoms with van der Waals surface area (Å²) < 4.78 is 4.76. The number of rotatable bonds is 3. The normalized spacial score (nSPS) is 23.7. The number of methoxy groups -OCH3 is 1. The van der Waals surface area contributed by atoms with Crippen LogP contribution < -0.4 is 0 Å². The fourth-order valence-electron chi connectivity index (χ4n) is 2.46. The van der Waals surface area contributed by atoms with Crippen LogP contribution in [0.3, 0.4) is 0 Å². The van der Waals surface area contributed by atoms with Gasteiger partial charge in [-0.3, -0.25) is 0 Å². The molecule has 1 fully saturated rings. The van der Waals surface area contributed by atoms with Gasteiger partial charge in [0.05, 0.1) is 7.11 Å². The molecular weight excluding hydrogens is 190 g/mol. The van der Waals surface area contributed by atoms with Gasteiger partial charge in [-0.2, -0.15) is 0 Å². The fraction of sp³-hybridized carbons (Fsp3) is 0.917. The Labute approximate surface area is 92.8 Å². The summed E-state index contributed by atoms with van der Waals surface area (Å²) in [5.41, 5.74) is 0. The van der Waals surface area contributed by atoms with Crippen molar-refractivity contribution in [2.24, 2.45) is 11.8 Å². The molecule has 1 aliphatic heterocycles. The molecule has 1 heterocycles. The summed E-state index contributed by atoms with van der Waals surface area (Å²) in [6.07, 6.45) is 4.71. The highest BCUT2D eigenvalue weighted by Crippen LogP contribution is 2.26. The SMILES string of the molecule is CCCC(C)C1CCCN(C(=O)OC)C1. The Kier molecular flexibility index (Phi) is 4.92. The van der Waals surface area contributed by atoms with E-state index in [1.807, 2.05) is 4.90 Å². The minimum absolute atomic E-state index is 0.164. The number of ether oxygens (including phenoxy) is 1. The lowest BCUT2D eigenvalue weighted by Gasteiger charge is -2.34. The van der Waals surface area contributed by atoms with Gasteiger partial charge in [-0.1, -0.05) is 26.7 Å². The molecule has 1 saturated heterocycles. The molecule has 0 N–H and O–H groups in total. The molecule has 0 radical (unpaired) electrons. The maximum Gasteiger partial charge on any atom is 0.409 e. The molecule has 0 saturated carbocycles. The third-order valence-electron chi connectivity index (χ3n) is 3.44. The van der Waals surface area contributed by atoms with Crippen molar-refractivity contribution in [3.63, 3.8) is 0 Å². The van der Waals surface area contributed by atoms with Crippen molar-refractivity contribution >= 4 is 6.09 Å². The van der Waals surface area contributed by atoms with Gasteiger partial charge in [-0.05, 0) is 24.7 Å². The molecule has 88 valence electrons. The lowest BCUT2D eigenvalue weighted by atomic mass is 9.84. The van der Waals surface area contributed by atoms with Gasteiger partial charge in [0.25, 0.3) is 0 Å². The molecule has 2 atom stereocenters. The molecule has 0 spiro atoms. The van der Waals surface area contributed by atoms with E-state index in [2.05, 4.69) is 13.8 Å². The first-order valence-electron chi connectivity index (χ1n) is 6.02. The van der Waals surface area contributed by atoms with Crippen LogP contribution in [0.15, 0.2) is 0 Å². The highest BCUT2D eigenvalue weighted by atomic mass is 16.5. The van der Waals surface area contributed by atoms with Crippen molar-refractivity contribution in [2.45, 2.75) is 39.5 Å². The maximum absolute atomic E-state index is 11.4. The third kappa shape index (κ3) is 3.40. The van der Waals surface area contributed by atoms with E-state index < -0.39 is 0 Å². The molecular formula is C12H23NO2. The van der Waals surface area contributed by atoms with Gasteiger partial charge < -0.3 is 9.64 Å². The van der Waals surface area contributed by atoms with Crippen molar-refractivity contribution < 1.29 is 9.53 Å². The van der Waals surface area contributed by atoms with E-state index in [0.717, 1.165) is 25.4 Å². The van der Waals surface area contributed by atoms with Crippen LogP contribution in [0.2, 0.25) is 0 Å². The van der Waals surface area contributed by atoms with E-state index >= 15 is 0 Å². The average molecular weight is 213 g/mol. The summed E-state index contributed by atoms with van der Waals surface area (Å²) in [7, 11) is 1.46. The summed E-state index contributed by atoms with van der Waals surface area (Å²) in [4.78, 5) is 13.2. The first-order valence-corrected chi connectivity index (χ1v) is 6.02. The largest absolute Gasteiger partial charge is 0.453 e. The van der Waals surface area contributed by atoms with E-state index in [1.54, 1.807) is 0 Å². The van der Waals surface area contributed by atoms with Crippen LogP contribution in [0.1, 0.15) is 39.5 Å². The van der Waals surface area contributed by atoms with E-state index in [4.69, 9.17) is 4.74 Å². The molecule has 3 nitrogen and oxygen atoms in total. The first-order chi connectivity index (χ1) is 7.19. The standard InChI is InChI=1S/C12H23NO2/c1-4-6-10(2)11-7-5-8-13(9-11)12(14)15-3/h10-11H,4-9H2,1-3H3. The fourth-order valence-corrected chi connectivity index (χ4v) is 2.46. The number of amides is 1. The summed E-state index contributed by atoms with van der Waals surface area (Å²) >= 11 is 0. The minimum atomic E-state index is -0.164. The lowest BCUT2D eigenvalue weighted by Crippen LogP contribution is -2.41. The second kappa shape index (κ2) is 5.99. The van der Waals surface area contributed by atoms with Gasteiger partial charge in [0.15, 0.2) is 0 Å².